The first-order chi connectivity index (χ1) is 12.5. The number of rotatable bonds is 12. The highest BCUT2D eigenvalue weighted by molar-refractivity contribution is 6.31. The number of esters is 2. The van der Waals surface area contributed by atoms with Gasteiger partial charge in [-0.25, -0.2) is 4.79 Å². The van der Waals surface area contributed by atoms with E-state index < -0.39 is 12.0 Å². The first-order valence-corrected chi connectivity index (χ1v) is 9.37. The van der Waals surface area contributed by atoms with Crippen molar-refractivity contribution in [3.05, 3.63) is 10.6 Å². The summed E-state index contributed by atoms with van der Waals surface area (Å²) in [5.41, 5.74) is 0. The van der Waals surface area contributed by atoms with Crippen molar-refractivity contribution in [2.75, 3.05) is 18.5 Å². The van der Waals surface area contributed by atoms with Gasteiger partial charge >= 0.3 is 11.9 Å². The molecule has 8 nitrogen and oxygen atoms in total. The number of nitrogens with one attached hydrogen (secondary N) is 1. The van der Waals surface area contributed by atoms with Gasteiger partial charge in [-0.05, 0) is 42.5 Å². The van der Waals surface area contributed by atoms with Gasteiger partial charge in [0.15, 0.2) is 0 Å². The van der Waals surface area contributed by atoms with Gasteiger partial charge in [-0.15, -0.1) is 0 Å². The van der Waals surface area contributed by atoms with Gasteiger partial charge in [-0.3, -0.25) is 4.79 Å². The monoisotopic (exact) mass is 406 g/mol. The third-order valence-electron chi connectivity index (χ3n) is 3.31. The van der Waals surface area contributed by atoms with E-state index in [0.29, 0.717) is 13.2 Å². The molecule has 1 atom stereocenters. The molecule has 1 rings (SSSR count). The van der Waals surface area contributed by atoms with E-state index in [0.717, 1.165) is 25.7 Å². The number of halogens is 2. The summed E-state index contributed by atoms with van der Waals surface area (Å²) in [5, 5.41) is 2.58. The van der Waals surface area contributed by atoms with Gasteiger partial charge in [-0.1, -0.05) is 26.7 Å². The van der Waals surface area contributed by atoms with Crippen LogP contribution in [0.4, 0.5) is 5.95 Å². The van der Waals surface area contributed by atoms with E-state index in [-0.39, 0.29) is 35.3 Å². The molecule has 0 saturated carbocycles. The van der Waals surface area contributed by atoms with Gasteiger partial charge in [0.2, 0.25) is 16.5 Å². The molecule has 0 amide bonds. The molecule has 1 aromatic heterocycles. The Morgan fingerprint density at radius 3 is 2.15 bits per heavy atom. The minimum absolute atomic E-state index is 0.0341. The first kappa shape index (κ1) is 22.4. The average molecular weight is 407 g/mol. The van der Waals surface area contributed by atoms with Crippen LogP contribution in [0.3, 0.4) is 0 Å². The Bertz CT molecular complexity index is 569. The predicted octanol–water partition coefficient (Wildman–Crippen LogP) is 3.43. The van der Waals surface area contributed by atoms with Crippen molar-refractivity contribution in [1.82, 2.24) is 15.0 Å². The van der Waals surface area contributed by atoms with Crippen molar-refractivity contribution < 1.29 is 19.1 Å². The third kappa shape index (κ3) is 9.15. The number of unbranched alkanes of at least 4 members (excludes halogenated alkanes) is 2. The molecule has 0 bridgehead atoms. The second-order valence-electron chi connectivity index (χ2n) is 5.53. The largest absolute Gasteiger partial charge is 0.466 e. The number of hydrogen-bond donors (Lipinski definition) is 1. The minimum atomic E-state index is -0.833. The second kappa shape index (κ2) is 12.6. The lowest BCUT2D eigenvalue weighted by Gasteiger charge is -2.17. The van der Waals surface area contributed by atoms with Crippen molar-refractivity contribution in [1.29, 1.82) is 0 Å². The number of carbonyl (C=O) groups excluding carboxylic acids is 2. The van der Waals surface area contributed by atoms with E-state index in [1.165, 1.54) is 0 Å². The van der Waals surface area contributed by atoms with Crippen molar-refractivity contribution in [3.63, 3.8) is 0 Å². The van der Waals surface area contributed by atoms with Gasteiger partial charge in [0.25, 0.3) is 0 Å². The van der Waals surface area contributed by atoms with E-state index >= 15 is 0 Å². The molecular weight excluding hydrogens is 383 g/mol. The Kier molecular flexibility index (Phi) is 10.9. The van der Waals surface area contributed by atoms with Crippen LogP contribution < -0.4 is 5.32 Å². The number of aromatic nitrogens is 3. The maximum atomic E-state index is 12.3. The zero-order valence-electron chi connectivity index (χ0n) is 15.0. The van der Waals surface area contributed by atoms with Crippen molar-refractivity contribution in [3.8, 4) is 0 Å². The Labute approximate surface area is 163 Å². The molecule has 1 heterocycles. The standard InChI is InChI=1S/C16H24Cl2N4O4/c1-3-5-9-25-12(23)8-7-11(13(24)26-10-6-4-2)19-16-21-14(17)20-15(18)22-16/h11H,3-10H2,1-2H3,(H,19,20,21,22)/t11-/m1/s1. The summed E-state index contributed by atoms with van der Waals surface area (Å²) in [4.78, 5) is 35.4. The van der Waals surface area contributed by atoms with Crippen LogP contribution in [0.2, 0.25) is 10.6 Å². The molecule has 26 heavy (non-hydrogen) atoms. The fourth-order valence-corrected chi connectivity index (χ4v) is 2.24. The van der Waals surface area contributed by atoms with Crippen LogP contribution in [0.25, 0.3) is 0 Å². The highest BCUT2D eigenvalue weighted by atomic mass is 35.5. The van der Waals surface area contributed by atoms with Crippen molar-refractivity contribution in [2.45, 2.75) is 58.4 Å². The molecule has 0 radical (unpaired) electrons. The fraction of sp³-hybridized carbons (Fsp3) is 0.688. The Balaban J connectivity index is 2.68. The van der Waals surface area contributed by atoms with Gasteiger partial charge in [0, 0.05) is 6.42 Å². The van der Waals surface area contributed by atoms with E-state index in [1.54, 1.807) is 0 Å². The molecular formula is C16H24Cl2N4O4. The summed E-state index contributed by atoms with van der Waals surface area (Å²) in [6.07, 6.45) is 3.60. The maximum absolute atomic E-state index is 12.3. The number of anilines is 1. The van der Waals surface area contributed by atoms with E-state index in [1.807, 2.05) is 13.8 Å². The van der Waals surface area contributed by atoms with Crippen LogP contribution in [0.1, 0.15) is 52.4 Å². The Morgan fingerprint density at radius 1 is 1.00 bits per heavy atom. The van der Waals surface area contributed by atoms with Crippen LogP contribution in [0.5, 0.6) is 0 Å². The molecule has 0 aliphatic heterocycles. The molecule has 146 valence electrons. The van der Waals surface area contributed by atoms with Crippen LogP contribution in [0, 0.1) is 0 Å². The van der Waals surface area contributed by atoms with Gasteiger partial charge < -0.3 is 14.8 Å². The predicted molar refractivity (Wildman–Crippen MR) is 98.2 cm³/mol. The lowest BCUT2D eigenvalue weighted by Crippen LogP contribution is -2.33. The van der Waals surface area contributed by atoms with E-state index in [4.69, 9.17) is 32.7 Å². The summed E-state index contributed by atoms with van der Waals surface area (Å²) >= 11 is 11.5. The Morgan fingerprint density at radius 2 is 1.58 bits per heavy atom. The quantitative estimate of drug-likeness (QED) is 0.415. The van der Waals surface area contributed by atoms with Crippen LogP contribution >= 0.6 is 23.2 Å². The number of carbonyl (C=O) groups is 2. The van der Waals surface area contributed by atoms with Crippen molar-refractivity contribution >= 4 is 41.1 Å². The van der Waals surface area contributed by atoms with Gasteiger partial charge in [-0.2, -0.15) is 15.0 Å². The Hall–Kier alpha value is -1.67. The van der Waals surface area contributed by atoms with Gasteiger partial charge in [0.1, 0.15) is 6.04 Å². The average Bonchev–Trinajstić information content (AvgIpc) is 2.58. The molecule has 0 aliphatic carbocycles. The zero-order chi connectivity index (χ0) is 19.4. The van der Waals surface area contributed by atoms with Crippen LogP contribution in [0.15, 0.2) is 0 Å². The summed E-state index contributed by atoms with van der Waals surface area (Å²) < 4.78 is 10.3. The molecule has 0 spiro atoms. The van der Waals surface area contributed by atoms with E-state index in [2.05, 4.69) is 20.3 Å². The van der Waals surface area contributed by atoms with Crippen LogP contribution in [-0.4, -0.2) is 46.1 Å². The number of hydrogen-bond acceptors (Lipinski definition) is 8. The lowest BCUT2D eigenvalue weighted by molar-refractivity contribution is -0.146. The molecule has 0 fully saturated rings. The third-order valence-corrected chi connectivity index (χ3v) is 3.65. The van der Waals surface area contributed by atoms with Crippen LogP contribution in [-0.2, 0) is 19.1 Å². The highest BCUT2D eigenvalue weighted by Crippen LogP contribution is 2.13. The number of ether oxygens (including phenoxy) is 2. The summed E-state index contributed by atoms with van der Waals surface area (Å²) in [5.74, 6) is -0.849. The van der Waals surface area contributed by atoms with Crippen molar-refractivity contribution in [2.24, 2.45) is 0 Å². The summed E-state index contributed by atoms with van der Waals surface area (Å²) in [7, 11) is 0. The summed E-state index contributed by atoms with van der Waals surface area (Å²) in [6, 6.07) is -0.833. The zero-order valence-corrected chi connectivity index (χ0v) is 16.5. The molecule has 1 aromatic rings. The summed E-state index contributed by atoms with van der Waals surface area (Å²) in [6.45, 7) is 4.66. The topological polar surface area (TPSA) is 103 Å². The van der Waals surface area contributed by atoms with E-state index in [9.17, 15) is 9.59 Å². The molecule has 1 N–H and O–H groups in total. The minimum Gasteiger partial charge on any atom is -0.466 e. The number of nitrogens with zero attached hydrogens (tertiary/aromatic N) is 3. The SMILES string of the molecule is CCCCOC(=O)CC[C@@H](Nc1nc(Cl)nc(Cl)n1)C(=O)OCCCC. The normalized spacial score (nSPS) is 11.7. The first-order valence-electron chi connectivity index (χ1n) is 8.62. The maximum Gasteiger partial charge on any atom is 0.328 e. The molecule has 10 heteroatoms. The lowest BCUT2D eigenvalue weighted by atomic mass is 10.1. The highest BCUT2D eigenvalue weighted by Gasteiger charge is 2.23. The fourth-order valence-electron chi connectivity index (χ4n) is 1.88. The smallest absolute Gasteiger partial charge is 0.328 e. The molecule has 0 unspecified atom stereocenters. The molecule has 0 aromatic carbocycles. The van der Waals surface area contributed by atoms with Gasteiger partial charge in [0.05, 0.1) is 13.2 Å². The molecule has 0 saturated heterocycles. The molecule has 0 aliphatic rings. The second-order valence-corrected chi connectivity index (χ2v) is 6.20.